The number of hydrogen-bond acceptors (Lipinski definition) is 4. The second-order valence-electron chi connectivity index (χ2n) is 6.25. The van der Waals surface area contributed by atoms with E-state index in [2.05, 4.69) is 33.7 Å². The second-order valence-corrected chi connectivity index (χ2v) is 7.20. The van der Waals surface area contributed by atoms with Gasteiger partial charge in [-0.3, -0.25) is 9.36 Å². The first-order chi connectivity index (χ1) is 13.0. The molecule has 1 amide bonds. The molecule has 0 fully saturated rings. The molecule has 1 aromatic heterocycles. The summed E-state index contributed by atoms with van der Waals surface area (Å²) in [7, 11) is 0. The third-order valence-corrected chi connectivity index (χ3v) is 5.09. The van der Waals surface area contributed by atoms with E-state index >= 15 is 0 Å². The number of benzene rings is 2. The Bertz CT molecular complexity index is 941. The van der Waals surface area contributed by atoms with Crippen LogP contribution < -0.4 is 5.32 Å². The van der Waals surface area contributed by atoms with Crippen LogP contribution in [-0.4, -0.2) is 33.0 Å². The summed E-state index contributed by atoms with van der Waals surface area (Å²) in [5.74, 6) is -0.143. The normalized spacial score (nSPS) is 10.8. The Morgan fingerprint density at radius 3 is 2.85 bits per heavy atom. The van der Waals surface area contributed by atoms with E-state index in [0.717, 1.165) is 16.8 Å². The van der Waals surface area contributed by atoms with Gasteiger partial charge in [0.05, 0.1) is 11.4 Å². The van der Waals surface area contributed by atoms with Crippen molar-refractivity contribution in [3.05, 3.63) is 71.3 Å². The summed E-state index contributed by atoms with van der Waals surface area (Å²) >= 11 is 1.32. The fourth-order valence-electron chi connectivity index (χ4n) is 2.69. The fraction of sp³-hybridized carbons (Fsp3) is 0.250. The van der Waals surface area contributed by atoms with E-state index in [4.69, 9.17) is 0 Å². The third kappa shape index (κ3) is 4.95. The molecule has 0 aliphatic carbocycles. The number of rotatable bonds is 7. The summed E-state index contributed by atoms with van der Waals surface area (Å²) in [4.78, 5) is 12.1. The Hall–Kier alpha value is -2.67. The standard InChI is InChI=1S/C20H21FN4OS/c1-14-7-8-15(2)18(11-14)25-13-23-24-20(25)27-12-19(26)22-10-9-16-5-3-4-6-17(16)21/h3-8,11,13H,9-10,12H2,1-2H3,(H,22,26). The largest absolute Gasteiger partial charge is 0.355 e. The van der Waals surface area contributed by atoms with Gasteiger partial charge in [0.1, 0.15) is 12.1 Å². The van der Waals surface area contributed by atoms with Gasteiger partial charge in [0.25, 0.3) is 0 Å². The minimum absolute atomic E-state index is 0.119. The molecule has 0 bridgehead atoms. The van der Waals surface area contributed by atoms with Crippen LogP contribution in [0.2, 0.25) is 0 Å². The lowest BCUT2D eigenvalue weighted by molar-refractivity contribution is -0.118. The monoisotopic (exact) mass is 384 g/mol. The minimum Gasteiger partial charge on any atom is -0.355 e. The molecular formula is C20H21FN4OS. The van der Waals surface area contributed by atoms with E-state index in [1.807, 2.05) is 18.4 Å². The molecule has 5 nitrogen and oxygen atoms in total. The van der Waals surface area contributed by atoms with Crippen LogP contribution in [0.4, 0.5) is 4.39 Å². The number of halogens is 1. The lowest BCUT2D eigenvalue weighted by Gasteiger charge is -2.10. The molecule has 0 saturated carbocycles. The molecular weight excluding hydrogens is 363 g/mol. The van der Waals surface area contributed by atoms with Crippen molar-refractivity contribution in [2.75, 3.05) is 12.3 Å². The number of carbonyl (C=O) groups excluding carboxylic acids is 1. The molecule has 3 aromatic rings. The molecule has 0 spiro atoms. The van der Waals surface area contributed by atoms with Crippen molar-refractivity contribution in [2.45, 2.75) is 25.4 Å². The lowest BCUT2D eigenvalue weighted by Crippen LogP contribution is -2.27. The quantitative estimate of drug-likeness (QED) is 0.634. The van der Waals surface area contributed by atoms with Crippen LogP contribution in [0, 0.1) is 19.7 Å². The van der Waals surface area contributed by atoms with Crippen LogP contribution in [0.1, 0.15) is 16.7 Å². The van der Waals surface area contributed by atoms with Gasteiger partial charge in [-0.25, -0.2) is 4.39 Å². The molecule has 3 rings (SSSR count). The third-order valence-electron chi connectivity index (χ3n) is 4.15. The van der Waals surface area contributed by atoms with Gasteiger partial charge in [-0.1, -0.05) is 42.1 Å². The zero-order valence-corrected chi connectivity index (χ0v) is 16.1. The summed E-state index contributed by atoms with van der Waals surface area (Å²) in [6, 6.07) is 12.8. The molecule has 7 heteroatoms. The number of amides is 1. The van der Waals surface area contributed by atoms with Crippen LogP contribution in [0.3, 0.4) is 0 Å². The maximum absolute atomic E-state index is 13.6. The van der Waals surface area contributed by atoms with E-state index in [-0.39, 0.29) is 17.5 Å². The molecule has 1 heterocycles. The van der Waals surface area contributed by atoms with Gasteiger partial charge in [0.2, 0.25) is 5.91 Å². The van der Waals surface area contributed by atoms with Gasteiger partial charge in [0.15, 0.2) is 5.16 Å². The molecule has 0 radical (unpaired) electrons. The highest BCUT2D eigenvalue weighted by Crippen LogP contribution is 2.22. The van der Waals surface area contributed by atoms with Crippen molar-refractivity contribution in [1.82, 2.24) is 20.1 Å². The zero-order chi connectivity index (χ0) is 19.2. The maximum atomic E-state index is 13.6. The van der Waals surface area contributed by atoms with Crippen molar-refractivity contribution in [3.8, 4) is 5.69 Å². The van der Waals surface area contributed by atoms with E-state index in [0.29, 0.717) is 23.7 Å². The SMILES string of the molecule is Cc1ccc(C)c(-n2cnnc2SCC(=O)NCCc2ccccc2F)c1. The fourth-order valence-corrected chi connectivity index (χ4v) is 3.44. The van der Waals surface area contributed by atoms with Gasteiger partial charge in [-0.15, -0.1) is 10.2 Å². The van der Waals surface area contributed by atoms with E-state index in [1.165, 1.54) is 17.8 Å². The highest BCUT2D eigenvalue weighted by atomic mass is 32.2. The van der Waals surface area contributed by atoms with Crippen molar-refractivity contribution in [3.63, 3.8) is 0 Å². The average Bonchev–Trinajstić information content (AvgIpc) is 3.12. The summed E-state index contributed by atoms with van der Waals surface area (Å²) in [5.41, 5.74) is 3.85. The number of nitrogens with zero attached hydrogens (tertiary/aromatic N) is 3. The summed E-state index contributed by atoms with van der Waals surface area (Å²) in [6.45, 7) is 4.45. The molecule has 0 saturated heterocycles. The smallest absolute Gasteiger partial charge is 0.230 e. The average molecular weight is 384 g/mol. The Morgan fingerprint density at radius 1 is 1.22 bits per heavy atom. The molecule has 27 heavy (non-hydrogen) atoms. The van der Waals surface area contributed by atoms with Crippen LogP contribution in [-0.2, 0) is 11.2 Å². The minimum atomic E-state index is -0.247. The van der Waals surface area contributed by atoms with Crippen molar-refractivity contribution < 1.29 is 9.18 Å². The number of nitrogens with one attached hydrogen (secondary N) is 1. The van der Waals surface area contributed by atoms with Crippen LogP contribution in [0.5, 0.6) is 0 Å². The Balaban J connectivity index is 1.55. The number of aromatic nitrogens is 3. The number of hydrogen-bond donors (Lipinski definition) is 1. The number of aryl methyl sites for hydroxylation is 2. The second kappa shape index (κ2) is 8.81. The van der Waals surface area contributed by atoms with Crippen LogP contribution >= 0.6 is 11.8 Å². The highest BCUT2D eigenvalue weighted by molar-refractivity contribution is 7.99. The van der Waals surface area contributed by atoms with Crippen molar-refractivity contribution in [1.29, 1.82) is 0 Å². The first-order valence-electron chi connectivity index (χ1n) is 8.65. The summed E-state index contributed by atoms with van der Waals surface area (Å²) in [6.07, 6.45) is 2.11. The lowest BCUT2D eigenvalue weighted by atomic mass is 10.1. The van der Waals surface area contributed by atoms with E-state index < -0.39 is 0 Å². The van der Waals surface area contributed by atoms with Crippen LogP contribution in [0.15, 0.2) is 53.9 Å². The predicted octanol–water partition coefficient (Wildman–Crippen LogP) is 3.47. The molecule has 140 valence electrons. The Labute approximate surface area is 162 Å². The first kappa shape index (κ1) is 19.1. The Morgan fingerprint density at radius 2 is 2.04 bits per heavy atom. The summed E-state index contributed by atoms with van der Waals surface area (Å²) in [5, 5.41) is 11.6. The molecule has 0 atom stereocenters. The topological polar surface area (TPSA) is 59.8 Å². The maximum Gasteiger partial charge on any atom is 0.230 e. The molecule has 0 aliphatic heterocycles. The van der Waals surface area contributed by atoms with E-state index in [1.54, 1.807) is 24.5 Å². The molecule has 0 unspecified atom stereocenters. The van der Waals surface area contributed by atoms with Crippen molar-refractivity contribution in [2.24, 2.45) is 0 Å². The van der Waals surface area contributed by atoms with Gasteiger partial charge < -0.3 is 5.32 Å². The van der Waals surface area contributed by atoms with E-state index in [9.17, 15) is 9.18 Å². The molecule has 2 aromatic carbocycles. The van der Waals surface area contributed by atoms with Crippen molar-refractivity contribution >= 4 is 17.7 Å². The molecule has 0 aliphatic rings. The van der Waals surface area contributed by atoms with Gasteiger partial charge in [0, 0.05) is 6.54 Å². The first-order valence-corrected chi connectivity index (χ1v) is 9.63. The number of thioether (sulfide) groups is 1. The van der Waals surface area contributed by atoms with Gasteiger partial charge in [-0.2, -0.15) is 0 Å². The predicted molar refractivity (Wildman–Crippen MR) is 105 cm³/mol. The summed E-state index contributed by atoms with van der Waals surface area (Å²) < 4.78 is 15.5. The van der Waals surface area contributed by atoms with Gasteiger partial charge in [-0.05, 0) is 49.1 Å². The zero-order valence-electron chi connectivity index (χ0n) is 15.3. The van der Waals surface area contributed by atoms with Crippen LogP contribution in [0.25, 0.3) is 5.69 Å². The van der Waals surface area contributed by atoms with Gasteiger partial charge >= 0.3 is 0 Å². The molecule has 1 N–H and O–H groups in total. The highest BCUT2D eigenvalue weighted by Gasteiger charge is 2.12. The Kier molecular flexibility index (Phi) is 6.24. The number of carbonyl (C=O) groups is 1.